The summed E-state index contributed by atoms with van der Waals surface area (Å²) in [5.41, 5.74) is 19.4. The van der Waals surface area contributed by atoms with Gasteiger partial charge in [0.1, 0.15) is 0 Å². The van der Waals surface area contributed by atoms with Crippen molar-refractivity contribution in [1.29, 1.82) is 0 Å². The summed E-state index contributed by atoms with van der Waals surface area (Å²) in [6, 6.07) is 12.5. The molecule has 0 aromatic heterocycles. The third kappa shape index (κ3) is 2.26. The zero-order valence-corrected chi connectivity index (χ0v) is 12.8. The topological polar surface area (TPSA) is 52.0 Å². The SMILES string of the molecule is Cc1cccc(C)c1C(N)(CN)c1c(C)cccc1C. The van der Waals surface area contributed by atoms with E-state index >= 15 is 0 Å². The minimum absolute atomic E-state index is 0.393. The normalized spacial score (nSPS) is 11.7. The van der Waals surface area contributed by atoms with E-state index in [1.807, 2.05) is 0 Å². The van der Waals surface area contributed by atoms with Crippen LogP contribution < -0.4 is 11.5 Å². The number of benzene rings is 2. The summed E-state index contributed by atoms with van der Waals surface area (Å²) in [5, 5.41) is 0. The van der Waals surface area contributed by atoms with Gasteiger partial charge < -0.3 is 11.5 Å². The van der Waals surface area contributed by atoms with Crippen LogP contribution in [0.25, 0.3) is 0 Å². The van der Waals surface area contributed by atoms with Crippen molar-refractivity contribution < 1.29 is 0 Å². The summed E-state index contributed by atoms with van der Waals surface area (Å²) in [7, 11) is 0. The van der Waals surface area contributed by atoms with Crippen LogP contribution in [0.1, 0.15) is 33.4 Å². The van der Waals surface area contributed by atoms with Crippen molar-refractivity contribution in [1.82, 2.24) is 0 Å². The Morgan fingerprint density at radius 3 is 1.30 bits per heavy atom. The first-order valence-electron chi connectivity index (χ1n) is 7.04. The summed E-state index contributed by atoms with van der Waals surface area (Å²) in [4.78, 5) is 0. The van der Waals surface area contributed by atoms with Gasteiger partial charge in [-0.25, -0.2) is 0 Å². The Labute approximate surface area is 121 Å². The maximum atomic E-state index is 6.82. The van der Waals surface area contributed by atoms with Crippen molar-refractivity contribution in [3.63, 3.8) is 0 Å². The monoisotopic (exact) mass is 268 g/mol. The highest BCUT2D eigenvalue weighted by Crippen LogP contribution is 2.34. The van der Waals surface area contributed by atoms with E-state index in [1.54, 1.807) is 0 Å². The van der Waals surface area contributed by atoms with E-state index in [-0.39, 0.29) is 0 Å². The van der Waals surface area contributed by atoms with Gasteiger partial charge in [-0.15, -0.1) is 0 Å². The molecular weight excluding hydrogens is 244 g/mol. The molecule has 20 heavy (non-hydrogen) atoms. The molecule has 2 aromatic rings. The predicted octanol–water partition coefficient (Wildman–Crippen LogP) is 3.08. The molecule has 0 aliphatic carbocycles. The number of aryl methyl sites for hydroxylation is 4. The minimum Gasteiger partial charge on any atom is -0.328 e. The Kier molecular flexibility index (Phi) is 3.98. The fourth-order valence-electron chi connectivity index (χ4n) is 3.37. The molecule has 2 aromatic carbocycles. The molecule has 0 saturated heterocycles. The van der Waals surface area contributed by atoms with Crippen LogP contribution in [0, 0.1) is 27.7 Å². The molecule has 0 aliphatic heterocycles. The lowest BCUT2D eigenvalue weighted by Crippen LogP contribution is -2.47. The molecule has 0 spiro atoms. The second-order valence-electron chi connectivity index (χ2n) is 5.71. The maximum absolute atomic E-state index is 6.82. The number of hydrogen-bond acceptors (Lipinski definition) is 2. The quantitative estimate of drug-likeness (QED) is 0.898. The molecular formula is C18H24N2. The molecule has 4 N–H and O–H groups in total. The Morgan fingerprint density at radius 1 is 0.750 bits per heavy atom. The van der Waals surface area contributed by atoms with Crippen LogP contribution in [0.4, 0.5) is 0 Å². The molecule has 0 atom stereocenters. The largest absolute Gasteiger partial charge is 0.328 e. The molecule has 0 saturated carbocycles. The molecule has 106 valence electrons. The van der Waals surface area contributed by atoms with Gasteiger partial charge in [-0.3, -0.25) is 0 Å². The fraction of sp³-hybridized carbons (Fsp3) is 0.333. The highest BCUT2D eigenvalue weighted by molar-refractivity contribution is 5.51. The van der Waals surface area contributed by atoms with E-state index in [4.69, 9.17) is 11.5 Å². The highest BCUT2D eigenvalue weighted by atomic mass is 14.8. The summed E-state index contributed by atoms with van der Waals surface area (Å²) < 4.78 is 0. The summed E-state index contributed by atoms with van der Waals surface area (Å²) in [6.45, 7) is 8.81. The van der Waals surface area contributed by atoms with Crippen molar-refractivity contribution in [2.45, 2.75) is 33.2 Å². The first-order valence-corrected chi connectivity index (χ1v) is 7.04. The van der Waals surface area contributed by atoms with Crippen LogP contribution >= 0.6 is 0 Å². The van der Waals surface area contributed by atoms with Crippen molar-refractivity contribution in [3.05, 3.63) is 69.8 Å². The van der Waals surface area contributed by atoms with Crippen molar-refractivity contribution in [3.8, 4) is 0 Å². The first-order chi connectivity index (χ1) is 9.41. The van der Waals surface area contributed by atoms with Crippen molar-refractivity contribution >= 4 is 0 Å². The lowest BCUT2D eigenvalue weighted by molar-refractivity contribution is 0.538. The van der Waals surface area contributed by atoms with Crippen LogP contribution in [0.15, 0.2) is 36.4 Å². The average Bonchev–Trinajstić information content (AvgIpc) is 2.38. The molecule has 0 unspecified atom stereocenters. The van der Waals surface area contributed by atoms with E-state index in [9.17, 15) is 0 Å². The Hall–Kier alpha value is -1.64. The fourth-order valence-corrected chi connectivity index (χ4v) is 3.37. The van der Waals surface area contributed by atoms with Gasteiger partial charge in [0.2, 0.25) is 0 Å². The van der Waals surface area contributed by atoms with E-state index in [0.29, 0.717) is 6.54 Å². The molecule has 2 rings (SSSR count). The lowest BCUT2D eigenvalue weighted by atomic mass is 9.76. The van der Waals surface area contributed by atoms with E-state index in [1.165, 1.54) is 22.3 Å². The van der Waals surface area contributed by atoms with Gasteiger partial charge in [-0.1, -0.05) is 36.4 Å². The standard InChI is InChI=1S/C18H24N2/c1-12-7-5-8-13(2)16(12)18(20,11-19)17-14(3)9-6-10-15(17)4/h5-10H,11,19-20H2,1-4H3. The molecule has 0 fully saturated rings. The smallest absolute Gasteiger partial charge is 0.0800 e. The second-order valence-corrected chi connectivity index (χ2v) is 5.71. The molecule has 0 aliphatic rings. The van der Waals surface area contributed by atoms with Crippen LogP contribution in [0.2, 0.25) is 0 Å². The van der Waals surface area contributed by atoms with E-state index < -0.39 is 5.54 Å². The van der Waals surface area contributed by atoms with Gasteiger partial charge in [-0.05, 0) is 61.1 Å². The van der Waals surface area contributed by atoms with Crippen LogP contribution in [0.3, 0.4) is 0 Å². The first kappa shape index (κ1) is 14.8. The predicted molar refractivity (Wildman–Crippen MR) is 85.9 cm³/mol. The van der Waals surface area contributed by atoms with E-state index in [2.05, 4.69) is 64.1 Å². The number of rotatable bonds is 3. The van der Waals surface area contributed by atoms with Crippen LogP contribution in [0.5, 0.6) is 0 Å². The van der Waals surface area contributed by atoms with Crippen LogP contribution in [-0.2, 0) is 5.54 Å². The second kappa shape index (κ2) is 5.39. The molecule has 0 bridgehead atoms. The minimum atomic E-state index is -0.634. The molecule has 0 amide bonds. The zero-order chi connectivity index (χ0) is 14.9. The Bertz CT molecular complexity index is 537. The van der Waals surface area contributed by atoms with Gasteiger partial charge in [0.15, 0.2) is 0 Å². The summed E-state index contributed by atoms with van der Waals surface area (Å²) >= 11 is 0. The van der Waals surface area contributed by atoms with Gasteiger partial charge >= 0.3 is 0 Å². The number of hydrogen-bond donors (Lipinski definition) is 2. The van der Waals surface area contributed by atoms with E-state index in [0.717, 1.165) is 11.1 Å². The molecule has 0 radical (unpaired) electrons. The van der Waals surface area contributed by atoms with Gasteiger partial charge in [0, 0.05) is 6.54 Å². The molecule has 0 heterocycles. The summed E-state index contributed by atoms with van der Waals surface area (Å²) in [5.74, 6) is 0. The van der Waals surface area contributed by atoms with Gasteiger partial charge in [0.05, 0.1) is 5.54 Å². The lowest BCUT2D eigenvalue weighted by Gasteiger charge is -2.35. The Morgan fingerprint density at radius 2 is 1.05 bits per heavy atom. The third-order valence-electron chi connectivity index (χ3n) is 4.18. The number of nitrogens with two attached hydrogens (primary N) is 2. The van der Waals surface area contributed by atoms with Crippen molar-refractivity contribution in [2.75, 3.05) is 6.54 Å². The molecule has 2 nitrogen and oxygen atoms in total. The zero-order valence-electron chi connectivity index (χ0n) is 12.8. The van der Waals surface area contributed by atoms with Gasteiger partial charge in [0.25, 0.3) is 0 Å². The molecule has 2 heteroatoms. The van der Waals surface area contributed by atoms with Crippen molar-refractivity contribution in [2.24, 2.45) is 11.5 Å². The maximum Gasteiger partial charge on any atom is 0.0800 e. The van der Waals surface area contributed by atoms with Gasteiger partial charge in [-0.2, -0.15) is 0 Å². The average molecular weight is 268 g/mol. The third-order valence-corrected chi connectivity index (χ3v) is 4.18. The Balaban J connectivity index is 2.78. The highest BCUT2D eigenvalue weighted by Gasteiger charge is 2.33. The summed E-state index contributed by atoms with van der Waals surface area (Å²) in [6.07, 6.45) is 0. The van der Waals surface area contributed by atoms with Crippen LogP contribution in [-0.4, -0.2) is 6.54 Å².